The van der Waals surface area contributed by atoms with Gasteiger partial charge in [-0.15, -0.1) is 0 Å². The van der Waals surface area contributed by atoms with E-state index in [2.05, 4.69) is 17.4 Å². The number of benzene rings is 1. The summed E-state index contributed by atoms with van der Waals surface area (Å²) in [5.41, 5.74) is 2.32. The monoisotopic (exact) mass is 255 g/mol. The number of hydrogen-bond donors (Lipinski definition) is 1. The summed E-state index contributed by atoms with van der Waals surface area (Å²) in [6.45, 7) is 0. The predicted octanol–water partition coefficient (Wildman–Crippen LogP) is 2.48. The molecule has 2 nitrogen and oxygen atoms in total. The summed E-state index contributed by atoms with van der Waals surface area (Å²) in [7, 11) is -0.775. The second-order valence-corrected chi connectivity index (χ2v) is 6.66. The van der Waals surface area contributed by atoms with Gasteiger partial charge in [0.05, 0.1) is 5.75 Å². The lowest BCUT2D eigenvalue weighted by atomic mass is 10.1. The van der Waals surface area contributed by atoms with Gasteiger partial charge >= 0.3 is 0 Å². The molecule has 2 rings (SSSR count). The largest absolute Gasteiger partial charge is 0.381 e. The highest BCUT2D eigenvalue weighted by molar-refractivity contribution is 7.99. The Morgan fingerprint density at radius 2 is 2.31 bits per heavy atom. The summed E-state index contributed by atoms with van der Waals surface area (Å²) < 4.78 is 11.3. The highest BCUT2D eigenvalue weighted by Gasteiger charge is 2.16. The number of para-hydroxylation sites is 1. The standard InChI is InChI=1S/C12H17NOS2/c1-16(14)9-10-4-2-3-5-12(10)13-11-6-7-15-8-11/h2-5,11,13H,6-9H2,1H3. The van der Waals surface area contributed by atoms with Gasteiger partial charge in [0.25, 0.3) is 0 Å². The molecule has 88 valence electrons. The molecule has 1 aliphatic heterocycles. The molecule has 0 aromatic heterocycles. The molecule has 2 atom stereocenters. The van der Waals surface area contributed by atoms with Crippen LogP contribution in [0.4, 0.5) is 5.69 Å². The van der Waals surface area contributed by atoms with Crippen LogP contribution in [-0.4, -0.2) is 28.0 Å². The van der Waals surface area contributed by atoms with E-state index in [1.54, 1.807) is 6.26 Å². The second-order valence-electron chi connectivity index (χ2n) is 4.08. The Morgan fingerprint density at radius 1 is 1.50 bits per heavy atom. The van der Waals surface area contributed by atoms with E-state index in [9.17, 15) is 4.21 Å². The van der Waals surface area contributed by atoms with Crippen molar-refractivity contribution in [2.24, 2.45) is 0 Å². The zero-order valence-electron chi connectivity index (χ0n) is 9.44. The minimum atomic E-state index is -0.775. The molecule has 1 aromatic carbocycles. The second kappa shape index (κ2) is 5.73. The molecule has 0 radical (unpaired) electrons. The average molecular weight is 255 g/mol. The lowest BCUT2D eigenvalue weighted by molar-refractivity contribution is 0.686. The van der Waals surface area contributed by atoms with E-state index in [-0.39, 0.29) is 0 Å². The Labute approximate surface area is 104 Å². The summed E-state index contributed by atoms with van der Waals surface area (Å²) in [5.74, 6) is 3.08. The van der Waals surface area contributed by atoms with Gasteiger partial charge in [0, 0.05) is 34.5 Å². The molecule has 1 N–H and O–H groups in total. The van der Waals surface area contributed by atoms with E-state index in [0.717, 1.165) is 5.69 Å². The Hall–Kier alpha value is -0.480. The molecular formula is C12H17NOS2. The van der Waals surface area contributed by atoms with Crippen LogP contribution in [0.3, 0.4) is 0 Å². The fraction of sp³-hybridized carbons (Fsp3) is 0.500. The molecular weight excluding hydrogens is 238 g/mol. The van der Waals surface area contributed by atoms with Crippen LogP contribution < -0.4 is 5.32 Å². The van der Waals surface area contributed by atoms with Crippen LogP contribution in [0.1, 0.15) is 12.0 Å². The molecule has 1 aliphatic rings. The zero-order valence-corrected chi connectivity index (χ0v) is 11.1. The van der Waals surface area contributed by atoms with E-state index >= 15 is 0 Å². The third-order valence-electron chi connectivity index (χ3n) is 2.67. The summed E-state index contributed by atoms with van der Waals surface area (Å²) in [5, 5.41) is 3.56. The minimum absolute atomic E-state index is 0.580. The van der Waals surface area contributed by atoms with E-state index < -0.39 is 10.8 Å². The van der Waals surface area contributed by atoms with Crippen molar-refractivity contribution in [2.45, 2.75) is 18.2 Å². The topological polar surface area (TPSA) is 29.1 Å². The molecule has 1 saturated heterocycles. The van der Waals surface area contributed by atoms with Gasteiger partial charge in [0.15, 0.2) is 0 Å². The summed E-state index contributed by atoms with van der Waals surface area (Å²) >= 11 is 2.00. The number of rotatable bonds is 4. The Balaban J connectivity index is 2.09. The number of hydrogen-bond acceptors (Lipinski definition) is 3. The highest BCUT2D eigenvalue weighted by Crippen LogP contribution is 2.24. The maximum Gasteiger partial charge on any atom is 0.0503 e. The van der Waals surface area contributed by atoms with Crippen molar-refractivity contribution < 1.29 is 4.21 Å². The minimum Gasteiger partial charge on any atom is -0.381 e. The van der Waals surface area contributed by atoms with Crippen LogP contribution in [0.2, 0.25) is 0 Å². The van der Waals surface area contributed by atoms with Crippen molar-refractivity contribution in [2.75, 3.05) is 23.1 Å². The average Bonchev–Trinajstić information content (AvgIpc) is 2.73. The molecule has 0 aliphatic carbocycles. The van der Waals surface area contributed by atoms with Gasteiger partial charge in [0.2, 0.25) is 0 Å². The van der Waals surface area contributed by atoms with E-state index in [0.29, 0.717) is 11.8 Å². The van der Waals surface area contributed by atoms with E-state index in [4.69, 9.17) is 0 Å². The first-order chi connectivity index (χ1) is 7.75. The van der Waals surface area contributed by atoms with Gasteiger partial charge < -0.3 is 5.32 Å². The molecule has 1 aromatic rings. The number of nitrogens with one attached hydrogen (secondary N) is 1. The smallest absolute Gasteiger partial charge is 0.0503 e. The zero-order chi connectivity index (χ0) is 11.4. The molecule has 0 saturated carbocycles. The first-order valence-corrected chi connectivity index (χ1v) is 8.36. The molecule has 16 heavy (non-hydrogen) atoms. The molecule has 0 spiro atoms. The molecule has 4 heteroatoms. The van der Waals surface area contributed by atoms with Crippen LogP contribution in [-0.2, 0) is 16.6 Å². The van der Waals surface area contributed by atoms with Crippen molar-refractivity contribution in [1.29, 1.82) is 0 Å². The van der Waals surface area contributed by atoms with Gasteiger partial charge in [-0.3, -0.25) is 4.21 Å². The van der Waals surface area contributed by atoms with E-state index in [1.807, 2.05) is 23.9 Å². The Kier molecular flexibility index (Phi) is 4.29. The van der Waals surface area contributed by atoms with Crippen molar-refractivity contribution in [3.63, 3.8) is 0 Å². The first-order valence-electron chi connectivity index (χ1n) is 5.48. The molecule has 0 amide bonds. The van der Waals surface area contributed by atoms with Gasteiger partial charge in [-0.05, 0) is 23.8 Å². The lowest BCUT2D eigenvalue weighted by Crippen LogP contribution is -2.19. The fourth-order valence-corrected chi connectivity index (χ4v) is 3.72. The molecule has 1 fully saturated rings. The SMILES string of the molecule is CS(=O)Cc1ccccc1NC1CCSC1. The third-order valence-corrected chi connectivity index (χ3v) is 4.55. The van der Waals surface area contributed by atoms with Crippen molar-refractivity contribution in [3.8, 4) is 0 Å². The van der Waals surface area contributed by atoms with Gasteiger partial charge in [0.1, 0.15) is 0 Å². The first kappa shape index (κ1) is 12.0. The molecule has 1 heterocycles. The number of anilines is 1. The molecule has 0 bridgehead atoms. The van der Waals surface area contributed by atoms with Crippen molar-refractivity contribution in [3.05, 3.63) is 29.8 Å². The summed E-state index contributed by atoms with van der Waals surface area (Å²) in [6, 6.07) is 8.77. The Bertz CT molecular complexity index is 375. The van der Waals surface area contributed by atoms with Gasteiger partial charge in [-0.2, -0.15) is 11.8 Å². The third kappa shape index (κ3) is 3.25. The quantitative estimate of drug-likeness (QED) is 0.896. The number of thioether (sulfide) groups is 1. The predicted molar refractivity (Wildman–Crippen MR) is 73.6 cm³/mol. The highest BCUT2D eigenvalue weighted by atomic mass is 32.2. The van der Waals surface area contributed by atoms with Crippen LogP contribution in [0.25, 0.3) is 0 Å². The van der Waals surface area contributed by atoms with Crippen LogP contribution in [0.15, 0.2) is 24.3 Å². The molecule has 2 unspecified atom stereocenters. The Morgan fingerprint density at radius 3 is 3.00 bits per heavy atom. The summed E-state index contributed by atoms with van der Waals surface area (Å²) in [6.07, 6.45) is 2.98. The normalized spacial score (nSPS) is 21.9. The maximum absolute atomic E-state index is 11.3. The van der Waals surface area contributed by atoms with Gasteiger partial charge in [-0.1, -0.05) is 18.2 Å². The maximum atomic E-state index is 11.3. The van der Waals surface area contributed by atoms with Crippen molar-refractivity contribution >= 4 is 28.2 Å². The van der Waals surface area contributed by atoms with Crippen LogP contribution in [0, 0.1) is 0 Å². The lowest BCUT2D eigenvalue weighted by Gasteiger charge is -2.16. The van der Waals surface area contributed by atoms with Gasteiger partial charge in [-0.25, -0.2) is 0 Å². The van der Waals surface area contributed by atoms with Crippen LogP contribution in [0.5, 0.6) is 0 Å². The fourth-order valence-electron chi connectivity index (χ4n) is 1.87. The van der Waals surface area contributed by atoms with Crippen LogP contribution >= 0.6 is 11.8 Å². The van der Waals surface area contributed by atoms with E-state index in [1.165, 1.54) is 23.5 Å². The summed E-state index contributed by atoms with van der Waals surface area (Å²) in [4.78, 5) is 0. The van der Waals surface area contributed by atoms with Crippen molar-refractivity contribution in [1.82, 2.24) is 0 Å².